The summed E-state index contributed by atoms with van der Waals surface area (Å²) in [5.41, 5.74) is 7.36. The van der Waals surface area contributed by atoms with Gasteiger partial charge in [-0.3, -0.25) is 0 Å². The number of anilines is 2. The van der Waals surface area contributed by atoms with E-state index in [1.165, 1.54) is 0 Å². The van der Waals surface area contributed by atoms with Crippen molar-refractivity contribution < 1.29 is 0 Å². The molecule has 1 heterocycles. The lowest BCUT2D eigenvalue weighted by Gasteiger charge is -2.17. The molecule has 4 nitrogen and oxygen atoms in total. The van der Waals surface area contributed by atoms with Crippen LogP contribution in [0.1, 0.15) is 20.8 Å². The van der Waals surface area contributed by atoms with Crippen molar-refractivity contribution in [2.75, 3.05) is 17.6 Å². The van der Waals surface area contributed by atoms with E-state index in [4.69, 9.17) is 5.73 Å². The minimum absolute atomic E-state index is 0.601. The second-order valence-electron chi connectivity index (χ2n) is 5.10. The van der Waals surface area contributed by atoms with Gasteiger partial charge in [0.05, 0.1) is 5.52 Å². The summed E-state index contributed by atoms with van der Waals surface area (Å²) in [6, 6.07) is 5.71. The highest BCUT2D eigenvalue weighted by molar-refractivity contribution is 5.90. The van der Waals surface area contributed by atoms with Crippen LogP contribution in [0.5, 0.6) is 0 Å². The summed E-state index contributed by atoms with van der Waals surface area (Å²) in [6.07, 6.45) is 1.57. The molecule has 0 fully saturated rings. The maximum absolute atomic E-state index is 5.76. The number of benzene rings is 1. The molecular weight excluding hydrogens is 224 g/mol. The average Bonchev–Trinajstić information content (AvgIpc) is 2.35. The van der Waals surface area contributed by atoms with Crippen LogP contribution in [0.15, 0.2) is 24.5 Å². The Bertz CT molecular complexity index is 536. The van der Waals surface area contributed by atoms with E-state index in [-0.39, 0.29) is 0 Å². The number of hydrogen-bond acceptors (Lipinski definition) is 4. The molecule has 0 amide bonds. The van der Waals surface area contributed by atoms with Crippen LogP contribution in [-0.4, -0.2) is 16.5 Å². The van der Waals surface area contributed by atoms with Gasteiger partial charge in [0.25, 0.3) is 0 Å². The summed E-state index contributed by atoms with van der Waals surface area (Å²) in [7, 11) is 0. The standard InChI is InChI=1S/C14H20N4/c1-9(2)10(3)7-16-14-12-5-4-11(15)6-13(12)17-8-18-14/h4-6,8-10H,7,15H2,1-3H3,(H,16,17,18). The second-order valence-corrected chi connectivity index (χ2v) is 5.10. The molecule has 0 radical (unpaired) electrons. The summed E-state index contributed by atoms with van der Waals surface area (Å²) >= 11 is 0. The molecule has 2 rings (SSSR count). The Morgan fingerprint density at radius 2 is 2.00 bits per heavy atom. The van der Waals surface area contributed by atoms with Gasteiger partial charge in [-0.15, -0.1) is 0 Å². The quantitative estimate of drug-likeness (QED) is 0.812. The Hall–Kier alpha value is -1.84. The van der Waals surface area contributed by atoms with E-state index in [9.17, 15) is 0 Å². The maximum atomic E-state index is 5.76. The van der Waals surface area contributed by atoms with E-state index in [1.54, 1.807) is 6.33 Å². The Morgan fingerprint density at radius 1 is 1.22 bits per heavy atom. The van der Waals surface area contributed by atoms with Crippen LogP contribution in [0, 0.1) is 11.8 Å². The van der Waals surface area contributed by atoms with Gasteiger partial charge in [0.15, 0.2) is 0 Å². The van der Waals surface area contributed by atoms with Gasteiger partial charge in [0.1, 0.15) is 12.1 Å². The zero-order valence-corrected chi connectivity index (χ0v) is 11.1. The number of fused-ring (bicyclic) bond motifs is 1. The van der Waals surface area contributed by atoms with Crippen LogP contribution in [0.3, 0.4) is 0 Å². The highest BCUT2D eigenvalue weighted by Crippen LogP contribution is 2.22. The summed E-state index contributed by atoms with van der Waals surface area (Å²) in [5, 5.41) is 4.41. The van der Waals surface area contributed by atoms with Gasteiger partial charge in [0.2, 0.25) is 0 Å². The van der Waals surface area contributed by atoms with E-state index in [0.29, 0.717) is 11.8 Å². The van der Waals surface area contributed by atoms with Crippen LogP contribution in [0.25, 0.3) is 10.9 Å². The van der Waals surface area contributed by atoms with E-state index in [1.807, 2.05) is 18.2 Å². The molecule has 96 valence electrons. The lowest BCUT2D eigenvalue weighted by molar-refractivity contribution is 0.439. The van der Waals surface area contributed by atoms with Gasteiger partial charge in [-0.1, -0.05) is 20.8 Å². The molecule has 2 aromatic rings. The van der Waals surface area contributed by atoms with Crippen molar-refractivity contribution in [3.8, 4) is 0 Å². The summed E-state index contributed by atoms with van der Waals surface area (Å²) in [4.78, 5) is 8.54. The SMILES string of the molecule is CC(C)C(C)CNc1ncnc2cc(N)ccc12. The van der Waals surface area contributed by atoms with Crippen molar-refractivity contribution in [1.29, 1.82) is 0 Å². The van der Waals surface area contributed by atoms with Gasteiger partial charge in [-0.05, 0) is 30.0 Å². The smallest absolute Gasteiger partial charge is 0.137 e. The lowest BCUT2D eigenvalue weighted by atomic mass is 9.98. The third-order valence-corrected chi connectivity index (χ3v) is 3.39. The molecule has 0 bridgehead atoms. The van der Waals surface area contributed by atoms with Crippen molar-refractivity contribution in [3.05, 3.63) is 24.5 Å². The largest absolute Gasteiger partial charge is 0.399 e. The van der Waals surface area contributed by atoms with Gasteiger partial charge < -0.3 is 11.1 Å². The summed E-state index contributed by atoms with van der Waals surface area (Å²) in [6.45, 7) is 7.60. The van der Waals surface area contributed by atoms with Crippen molar-refractivity contribution in [3.63, 3.8) is 0 Å². The fraction of sp³-hybridized carbons (Fsp3) is 0.429. The van der Waals surface area contributed by atoms with Gasteiger partial charge in [-0.25, -0.2) is 9.97 Å². The summed E-state index contributed by atoms with van der Waals surface area (Å²) in [5.74, 6) is 2.14. The second kappa shape index (κ2) is 5.21. The number of hydrogen-bond donors (Lipinski definition) is 2. The van der Waals surface area contributed by atoms with Crippen LogP contribution in [0.2, 0.25) is 0 Å². The molecule has 1 aromatic heterocycles. The molecule has 0 aliphatic carbocycles. The van der Waals surface area contributed by atoms with Crippen molar-refractivity contribution in [2.45, 2.75) is 20.8 Å². The molecule has 4 heteroatoms. The van der Waals surface area contributed by atoms with Crippen molar-refractivity contribution in [2.24, 2.45) is 11.8 Å². The molecule has 0 saturated carbocycles. The predicted octanol–water partition coefficient (Wildman–Crippen LogP) is 2.92. The number of nitrogens with two attached hydrogens (primary N) is 1. The van der Waals surface area contributed by atoms with Crippen molar-refractivity contribution >= 4 is 22.4 Å². The van der Waals surface area contributed by atoms with E-state index < -0.39 is 0 Å². The Morgan fingerprint density at radius 3 is 2.72 bits per heavy atom. The molecular formula is C14H20N4. The maximum Gasteiger partial charge on any atom is 0.137 e. The molecule has 0 aliphatic rings. The monoisotopic (exact) mass is 244 g/mol. The lowest BCUT2D eigenvalue weighted by Crippen LogP contribution is -2.17. The minimum atomic E-state index is 0.601. The normalized spacial score (nSPS) is 12.9. The number of nitrogens with zero attached hydrogens (tertiary/aromatic N) is 2. The number of rotatable bonds is 4. The van der Waals surface area contributed by atoms with E-state index >= 15 is 0 Å². The number of nitrogen functional groups attached to an aromatic ring is 1. The zero-order valence-electron chi connectivity index (χ0n) is 11.1. The van der Waals surface area contributed by atoms with E-state index in [2.05, 4.69) is 36.1 Å². The Labute approximate surface area is 108 Å². The molecule has 1 aromatic carbocycles. The molecule has 0 spiro atoms. The molecule has 0 aliphatic heterocycles. The highest BCUT2D eigenvalue weighted by Gasteiger charge is 2.09. The molecule has 3 N–H and O–H groups in total. The molecule has 1 unspecified atom stereocenters. The number of aromatic nitrogens is 2. The van der Waals surface area contributed by atoms with Gasteiger partial charge >= 0.3 is 0 Å². The number of nitrogens with one attached hydrogen (secondary N) is 1. The zero-order chi connectivity index (χ0) is 13.1. The average molecular weight is 244 g/mol. The molecule has 18 heavy (non-hydrogen) atoms. The topological polar surface area (TPSA) is 63.8 Å². The molecule has 0 saturated heterocycles. The van der Waals surface area contributed by atoms with Crippen LogP contribution >= 0.6 is 0 Å². The van der Waals surface area contributed by atoms with Crippen LogP contribution in [-0.2, 0) is 0 Å². The predicted molar refractivity (Wildman–Crippen MR) is 76.4 cm³/mol. The van der Waals surface area contributed by atoms with E-state index in [0.717, 1.165) is 29.0 Å². The Kier molecular flexibility index (Phi) is 3.65. The highest BCUT2D eigenvalue weighted by atomic mass is 15.0. The van der Waals surface area contributed by atoms with Crippen LogP contribution < -0.4 is 11.1 Å². The van der Waals surface area contributed by atoms with Gasteiger partial charge in [0, 0.05) is 17.6 Å². The minimum Gasteiger partial charge on any atom is -0.399 e. The first-order chi connectivity index (χ1) is 8.58. The first-order valence-electron chi connectivity index (χ1n) is 6.32. The first-order valence-corrected chi connectivity index (χ1v) is 6.32. The fourth-order valence-corrected chi connectivity index (χ4v) is 1.71. The first kappa shape index (κ1) is 12.6. The third kappa shape index (κ3) is 2.70. The Balaban J connectivity index is 2.23. The third-order valence-electron chi connectivity index (χ3n) is 3.39. The summed E-state index contributed by atoms with van der Waals surface area (Å²) < 4.78 is 0. The van der Waals surface area contributed by atoms with Gasteiger partial charge in [-0.2, -0.15) is 0 Å². The van der Waals surface area contributed by atoms with Crippen LogP contribution in [0.4, 0.5) is 11.5 Å². The molecule has 1 atom stereocenters. The van der Waals surface area contributed by atoms with Crippen molar-refractivity contribution in [1.82, 2.24) is 9.97 Å². The fourth-order valence-electron chi connectivity index (χ4n) is 1.71.